The molecule has 1 fully saturated rings. The third-order valence-corrected chi connectivity index (χ3v) is 3.49. The van der Waals surface area contributed by atoms with Gasteiger partial charge in [-0.2, -0.15) is 0 Å². The molecule has 1 aliphatic rings. The van der Waals surface area contributed by atoms with Crippen LogP contribution in [0.1, 0.15) is 33.1 Å². The lowest BCUT2D eigenvalue weighted by Crippen LogP contribution is -2.46. The molecule has 1 saturated carbocycles. The molecule has 4 heteroatoms. The van der Waals surface area contributed by atoms with Crippen molar-refractivity contribution in [2.24, 2.45) is 17.1 Å². The fraction of sp³-hybridized carbons (Fsp3) is 0.909. The highest BCUT2D eigenvalue weighted by molar-refractivity contribution is 5.81. The molecule has 4 N–H and O–H groups in total. The zero-order valence-corrected chi connectivity index (χ0v) is 9.62. The number of aliphatic hydroxyl groups excluding tert-OH is 1. The molecule has 1 rings (SSSR count). The summed E-state index contributed by atoms with van der Waals surface area (Å²) < 4.78 is 0. The Morgan fingerprint density at radius 3 is 2.60 bits per heavy atom. The Bertz CT molecular complexity index is 227. The summed E-state index contributed by atoms with van der Waals surface area (Å²) in [5, 5.41) is 11.9. The molecule has 0 bridgehead atoms. The van der Waals surface area contributed by atoms with Crippen LogP contribution in [0.25, 0.3) is 0 Å². The van der Waals surface area contributed by atoms with Gasteiger partial charge in [0, 0.05) is 12.0 Å². The SMILES string of the molecule is CC[C@H](C)[C@H](N)C(=O)NCC1(CO)CC1. The van der Waals surface area contributed by atoms with Crippen molar-refractivity contribution in [2.75, 3.05) is 13.2 Å². The van der Waals surface area contributed by atoms with Crippen molar-refractivity contribution in [1.29, 1.82) is 0 Å². The monoisotopic (exact) mass is 214 g/mol. The largest absolute Gasteiger partial charge is 0.396 e. The van der Waals surface area contributed by atoms with Crippen LogP contribution in [0.2, 0.25) is 0 Å². The van der Waals surface area contributed by atoms with Crippen LogP contribution in [0.4, 0.5) is 0 Å². The summed E-state index contributed by atoms with van der Waals surface area (Å²) in [6, 6.07) is -0.426. The van der Waals surface area contributed by atoms with Crippen molar-refractivity contribution in [1.82, 2.24) is 5.32 Å². The topological polar surface area (TPSA) is 75.4 Å². The molecule has 0 radical (unpaired) electrons. The quantitative estimate of drug-likeness (QED) is 0.593. The van der Waals surface area contributed by atoms with Crippen molar-refractivity contribution in [3.05, 3.63) is 0 Å². The highest BCUT2D eigenvalue weighted by Gasteiger charge is 2.42. The summed E-state index contributed by atoms with van der Waals surface area (Å²) in [6.45, 7) is 4.72. The predicted octanol–water partition coefficient (Wildman–Crippen LogP) is 0.249. The molecular weight excluding hydrogens is 192 g/mol. The first kappa shape index (κ1) is 12.5. The standard InChI is InChI=1S/C11H22N2O2/c1-3-8(2)9(12)10(15)13-6-11(7-14)4-5-11/h8-9,14H,3-7,12H2,1-2H3,(H,13,15)/t8-,9-/m0/s1. The number of carbonyl (C=O) groups is 1. The highest BCUT2D eigenvalue weighted by atomic mass is 16.3. The number of rotatable bonds is 6. The second-order valence-electron chi connectivity index (χ2n) is 4.79. The Morgan fingerprint density at radius 1 is 1.60 bits per heavy atom. The lowest BCUT2D eigenvalue weighted by molar-refractivity contribution is -0.123. The molecule has 2 atom stereocenters. The van der Waals surface area contributed by atoms with Crippen molar-refractivity contribution < 1.29 is 9.90 Å². The molecular formula is C11H22N2O2. The lowest BCUT2D eigenvalue weighted by Gasteiger charge is -2.19. The molecule has 0 aliphatic heterocycles. The molecule has 0 unspecified atom stereocenters. The normalized spacial score (nSPS) is 21.9. The number of amides is 1. The van der Waals surface area contributed by atoms with Gasteiger partial charge < -0.3 is 16.2 Å². The third kappa shape index (κ3) is 3.18. The number of nitrogens with one attached hydrogen (secondary N) is 1. The lowest BCUT2D eigenvalue weighted by atomic mass is 9.99. The van der Waals surface area contributed by atoms with Crippen LogP contribution in [0.5, 0.6) is 0 Å². The smallest absolute Gasteiger partial charge is 0.237 e. The maximum absolute atomic E-state index is 11.6. The zero-order valence-electron chi connectivity index (χ0n) is 9.62. The first-order valence-corrected chi connectivity index (χ1v) is 5.69. The molecule has 1 aliphatic carbocycles. The van der Waals surface area contributed by atoms with E-state index in [-0.39, 0.29) is 23.8 Å². The molecule has 4 nitrogen and oxygen atoms in total. The van der Waals surface area contributed by atoms with E-state index in [1.807, 2.05) is 13.8 Å². The number of carbonyl (C=O) groups excluding carboxylic acids is 1. The van der Waals surface area contributed by atoms with Crippen LogP contribution in [0.3, 0.4) is 0 Å². The molecule has 0 aromatic heterocycles. The van der Waals surface area contributed by atoms with Crippen molar-refractivity contribution in [2.45, 2.75) is 39.2 Å². The van der Waals surface area contributed by atoms with Crippen molar-refractivity contribution >= 4 is 5.91 Å². The van der Waals surface area contributed by atoms with Crippen LogP contribution in [-0.4, -0.2) is 30.2 Å². The van der Waals surface area contributed by atoms with E-state index in [2.05, 4.69) is 5.32 Å². The Balaban J connectivity index is 2.29. The molecule has 0 spiro atoms. The molecule has 1 amide bonds. The minimum absolute atomic E-state index is 0.0369. The van der Waals surface area contributed by atoms with E-state index >= 15 is 0 Å². The van der Waals surface area contributed by atoms with E-state index in [9.17, 15) is 4.79 Å². The van der Waals surface area contributed by atoms with Gasteiger partial charge >= 0.3 is 0 Å². The second kappa shape index (κ2) is 4.94. The maximum atomic E-state index is 11.6. The average Bonchev–Trinajstić information content (AvgIpc) is 3.04. The van der Waals surface area contributed by atoms with Gasteiger partial charge in [-0.15, -0.1) is 0 Å². The van der Waals surface area contributed by atoms with E-state index in [4.69, 9.17) is 10.8 Å². The maximum Gasteiger partial charge on any atom is 0.237 e. The third-order valence-electron chi connectivity index (χ3n) is 3.49. The Morgan fingerprint density at radius 2 is 2.20 bits per heavy atom. The molecule has 15 heavy (non-hydrogen) atoms. The molecule has 0 aromatic rings. The number of hydrogen-bond donors (Lipinski definition) is 3. The first-order valence-electron chi connectivity index (χ1n) is 5.69. The summed E-state index contributed by atoms with van der Waals surface area (Å²) in [4.78, 5) is 11.6. The Kier molecular flexibility index (Phi) is 4.11. The highest BCUT2D eigenvalue weighted by Crippen LogP contribution is 2.44. The minimum Gasteiger partial charge on any atom is -0.396 e. The van der Waals surface area contributed by atoms with Gasteiger partial charge in [0.2, 0.25) is 5.91 Å². The van der Waals surface area contributed by atoms with Gasteiger partial charge in [0.25, 0.3) is 0 Å². The van der Waals surface area contributed by atoms with Gasteiger partial charge in [-0.05, 0) is 18.8 Å². The van der Waals surface area contributed by atoms with Gasteiger partial charge in [0.15, 0.2) is 0 Å². The molecule has 0 heterocycles. The number of aliphatic hydroxyl groups is 1. The van der Waals surface area contributed by atoms with Gasteiger partial charge in [0.05, 0.1) is 12.6 Å². The van der Waals surface area contributed by atoms with E-state index < -0.39 is 6.04 Å². The predicted molar refractivity (Wildman–Crippen MR) is 59.2 cm³/mol. The summed E-state index contributed by atoms with van der Waals surface area (Å²) in [5.41, 5.74) is 5.75. The van der Waals surface area contributed by atoms with Gasteiger partial charge in [0.1, 0.15) is 0 Å². The Labute approximate surface area is 91.2 Å². The number of nitrogens with two attached hydrogens (primary N) is 1. The Hall–Kier alpha value is -0.610. The summed E-state index contributed by atoms with van der Waals surface area (Å²) >= 11 is 0. The van der Waals surface area contributed by atoms with Crippen molar-refractivity contribution in [3.8, 4) is 0 Å². The van der Waals surface area contributed by atoms with E-state index in [0.717, 1.165) is 19.3 Å². The minimum atomic E-state index is -0.426. The zero-order chi connectivity index (χ0) is 11.5. The summed E-state index contributed by atoms with van der Waals surface area (Å²) in [5.74, 6) is 0.110. The van der Waals surface area contributed by atoms with Gasteiger partial charge in [-0.25, -0.2) is 0 Å². The molecule has 0 saturated heterocycles. The van der Waals surface area contributed by atoms with Crippen LogP contribution in [0, 0.1) is 11.3 Å². The molecule has 88 valence electrons. The average molecular weight is 214 g/mol. The van der Waals surface area contributed by atoms with Gasteiger partial charge in [-0.3, -0.25) is 4.79 Å². The van der Waals surface area contributed by atoms with Gasteiger partial charge in [-0.1, -0.05) is 20.3 Å². The second-order valence-corrected chi connectivity index (χ2v) is 4.79. The van der Waals surface area contributed by atoms with Crippen LogP contribution in [-0.2, 0) is 4.79 Å². The van der Waals surface area contributed by atoms with Crippen LogP contribution in [0.15, 0.2) is 0 Å². The van der Waals surface area contributed by atoms with E-state index in [1.54, 1.807) is 0 Å². The summed E-state index contributed by atoms with van der Waals surface area (Å²) in [7, 11) is 0. The van der Waals surface area contributed by atoms with Crippen LogP contribution < -0.4 is 11.1 Å². The van der Waals surface area contributed by atoms with E-state index in [0.29, 0.717) is 6.54 Å². The number of hydrogen-bond acceptors (Lipinski definition) is 3. The molecule has 0 aromatic carbocycles. The fourth-order valence-corrected chi connectivity index (χ4v) is 1.47. The van der Waals surface area contributed by atoms with Crippen LogP contribution >= 0.6 is 0 Å². The first-order chi connectivity index (χ1) is 7.04. The fourth-order valence-electron chi connectivity index (χ4n) is 1.47. The summed E-state index contributed by atoms with van der Waals surface area (Å²) in [6.07, 6.45) is 2.91. The van der Waals surface area contributed by atoms with E-state index in [1.165, 1.54) is 0 Å². The van der Waals surface area contributed by atoms with Crippen molar-refractivity contribution in [3.63, 3.8) is 0 Å².